The van der Waals surface area contributed by atoms with Crippen LogP contribution in [0.4, 0.5) is 5.69 Å². The van der Waals surface area contributed by atoms with E-state index in [1.54, 1.807) is 30.3 Å². The molecule has 1 saturated heterocycles. The number of sulfonamides is 1. The molecule has 2 amide bonds. The second-order valence-corrected chi connectivity index (χ2v) is 9.87. The van der Waals surface area contributed by atoms with E-state index in [2.05, 4.69) is 21.2 Å². The number of nitrogens with zero attached hydrogens (tertiary/aromatic N) is 1. The number of rotatable bonds is 6. The fraction of sp³-hybridized carbons (Fsp3) is 0.300. The Morgan fingerprint density at radius 2 is 1.76 bits per heavy atom. The summed E-state index contributed by atoms with van der Waals surface area (Å²) in [5.74, 6) is -1.09. The average molecular weight is 480 g/mol. The van der Waals surface area contributed by atoms with Gasteiger partial charge in [-0.1, -0.05) is 34.1 Å². The lowest BCUT2D eigenvalue weighted by Crippen LogP contribution is -2.41. The summed E-state index contributed by atoms with van der Waals surface area (Å²) in [7, 11) is -3.44. The highest BCUT2D eigenvalue weighted by Gasteiger charge is 2.31. The molecule has 0 saturated carbocycles. The van der Waals surface area contributed by atoms with Crippen molar-refractivity contribution in [3.63, 3.8) is 0 Å². The number of nitrogens with two attached hydrogens (primary N) is 1. The minimum atomic E-state index is -3.44. The van der Waals surface area contributed by atoms with Gasteiger partial charge in [-0.25, -0.2) is 12.7 Å². The van der Waals surface area contributed by atoms with Gasteiger partial charge in [0, 0.05) is 34.7 Å². The van der Waals surface area contributed by atoms with Gasteiger partial charge in [-0.2, -0.15) is 0 Å². The first-order chi connectivity index (χ1) is 13.7. The van der Waals surface area contributed by atoms with Crippen molar-refractivity contribution in [2.45, 2.75) is 18.6 Å². The Kier molecular flexibility index (Phi) is 6.71. The van der Waals surface area contributed by atoms with Crippen LogP contribution in [-0.4, -0.2) is 37.6 Å². The first kappa shape index (κ1) is 21.5. The normalized spacial score (nSPS) is 15.8. The Bertz CT molecular complexity index is 1000. The van der Waals surface area contributed by atoms with Crippen LogP contribution in [-0.2, 0) is 20.6 Å². The predicted octanol–water partition coefficient (Wildman–Crippen LogP) is 2.73. The third-order valence-electron chi connectivity index (χ3n) is 4.90. The Labute approximate surface area is 178 Å². The maximum atomic E-state index is 12.7. The zero-order valence-electron chi connectivity index (χ0n) is 15.7. The van der Waals surface area contributed by atoms with Gasteiger partial charge in [0.15, 0.2) is 0 Å². The standard InChI is InChI=1S/C20H22BrN3O4S/c21-17-6-4-14(5-7-17)13-29(27,28)24-10-8-15(9-11-24)20(26)23-18-3-1-2-16(12-18)19(22)25/h1-7,12,15H,8-11,13H2,(H2,22,25)(H,23,26). The molecule has 29 heavy (non-hydrogen) atoms. The lowest BCUT2D eigenvalue weighted by Gasteiger charge is -2.30. The largest absolute Gasteiger partial charge is 0.366 e. The summed E-state index contributed by atoms with van der Waals surface area (Å²) < 4.78 is 27.7. The van der Waals surface area contributed by atoms with Crippen molar-refractivity contribution < 1.29 is 18.0 Å². The van der Waals surface area contributed by atoms with E-state index in [-0.39, 0.29) is 17.6 Å². The van der Waals surface area contributed by atoms with Crippen LogP contribution >= 0.6 is 15.9 Å². The van der Waals surface area contributed by atoms with Crippen LogP contribution in [0.15, 0.2) is 53.0 Å². The number of primary amides is 1. The molecule has 7 nitrogen and oxygen atoms in total. The summed E-state index contributed by atoms with van der Waals surface area (Å²) in [5, 5.41) is 2.79. The molecule has 0 radical (unpaired) electrons. The first-order valence-electron chi connectivity index (χ1n) is 9.17. The second-order valence-electron chi connectivity index (χ2n) is 6.99. The van der Waals surface area contributed by atoms with Crippen LogP contribution < -0.4 is 11.1 Å². The number of nitrogens with one attached hydrogen (secondary N) is 1. The molecule has 2 aromatic carbocycles. The molecule has 2 aromatic rings. The summed E-state index contributed by atoms with van der Waals surface area (Å²) >= 11 is 3.34. The molecule has 0 aromatic heterocycles. The molecule has 0 atom stereocenters. The number of carbonyl (C=O) groups excluding carboxylic acids is 2. The number of hydrogen-bond acceptors (Lipinski definition) is 4. The second kappa shape index (κ2) is 9.06. The maximum Gasteiger partial charge on any atom is 0.248 e. The fourth-order valence-corrected chi connectivity index (χ4v) is 5.10. The van der Waals surface area contributed by atoms with Crippen LogP contribution in [0.5, 0.6) is 0 Å². The quantitative estimate of drug-likeness (QED) is 0.663. The van der Waals surface area contributed by atoms with Gasteiger partial charge in [-0.05, 0) is 48.7 Å². The highest BCUT2D eigenvalue weighted by molar-refractivity contribution is 9.10. The van der Waals surface area contributed by atoms with E-state index in [0.29, 0.717) is 37.2 Å². The van der Waals surface area contributed by atoms with E-state index in [1.165, 1.54) is 10.4 Å². The monoisotopic (exact) mass is 479 g/mol. The number of halogens is 1. The van der Waals surface area contributed by atoms with Crippen molar-refractivity contribution in [2.75, 3.05) is 18.4 Å². The van der Waals surface area contributed by atoms with Crippen molar-refractivity contribution in [3.8, 4) is 0 Å². The van der Waals surface area contributed by atoms with Crippen LogP contribution in [0, 0.1) is 5.92 Å². The SMILES string of the molecule is NC(=O)c1cccc(NC(=O)C2CCN(S(=O)(=O)Cc3ccc(Br)cc3)CC2)c1. The zero-order chi connectivity index (χ0) is 21.0. The van der Waals surface area contributed by atoms with E-state index in [0.717, 1.165) is 10.0 Å². The Morgan fingerprint density at radius 1 is 1.10 bits per heavy atom. The van der Waals surface area contributed by atoms with Crippen LogP contribution in [0.1, 0.15) is 28.8 Å². The minimum absolute atomic E-state index is 0.0585. The Morgan fingerprint density at radius 3 is 2.38 bits per heavy atom. The molecular weight excluding hydrogens is 458 g/mol. The van der Waals surface area contributed by atoms with Gasteiger partial charge >= 0.3 is 0 Å². The van der Waals surface area contributed by atoms with E-state index in [4.69, 9.17) is 5.73 Å². The number of hydrogen-bond donors (Lipinski definition) is 2. The number of carbonyl (C=O) groups is 2. The summed E-state index contributed by atoms with van der Waals surface area (Å²) in [6.45, 7) is 0.608. The zero-order valence-corrected chi connectivity index (χ0v) is 18.1. The van der Waals surface area contributed by atoms with E-state index in [9.17, 15) is 18.0 Å². The molecule has 1 heterocycles. The predicted molar refractivity (Wildman–Crippen MR) is 115 cm³/mol. The van der Waals surface area contributed by atoms with Crippen molar-refractivity contribution in [1.29, 1.82) is 0 Å². The molecule has 154 valence electrons. The third kappa shape index (κ3) is 5.65. The smallest absolute Gasteiger partial charge is 0.248 e. The van der Waals surface area contributed by atoms with Crippen molar-refractivity contribution in [3.05, 3.63) is 64.1 Å². The summed E-state index contributed by atoms with van der Waals surface area (Å²) in [6.07, 6.45) is 0.891. The maximum absolute atomic E-state index is 12.7. The molecule has 9 heteroatoms. The fourth-order valence-electron chi connectivity index (χ4n) is 3.27. The van der Waals surface area contributed by atoms with Crippen LogP contribution in [0.3, 0.4) is 0 Å². The van der Waals surface area contributed by atoms with Gasteiger partial charge in [0.25, 0.3) is 0 Å². The number of anilines is 1. The summed E-state index contributed by atoms with van der Waals surface area (Å²) in [5.41, 5.74) is 6.80. The lowest BCUT2D eigenvalue weighted by molar-refractivity contribution is -0.120. The molecule has 3 N–H and O–H groups in total. The minimum Gasteiger partial charge on any atom is -0.366 e. The lowest BCUT2D eigenvalue weighted by atomic mass is 9.97. The third-order valence-corrected chi connectivity index (χ3v) is 7.27. The molecule has 1 aliphatic rings. The van der Waals surface area contributed by atoms with Gasteiger partial charge in [0.1, 0.15) is 0 Å². The van der Waals surface area contributed by atoms with Gasteiger partial charge in [-0.15, -0.1) is 0 Å². The number of benzene rings is 2. The molecule has 0 aliphatic carbocycles. The Hall–Kier alpha value is -2.23. The van der Waals surface area contributed by atoms with Gasteiger partial charge < -0.3 is 11.1 Å². The molecule has 3 rings (SSSR count). The van der Waals surface area contributed by atoms with Crippen molar-refractivity contribution in [1.82, 2.24) is 4.31 Å². The number of amides is 2. The molecule has 0 spiro atoms. The van der Waals surface area contributed by atoms with Gasteiger partial charge in [-0.3, -0.25) is 9.59 Å². The molecular formula is C20H22BrN3O4S. The average Bonchev–Trinajstić information content (AvgIpc) is 2.70. The van der Waals surface area contributed by atoms with Crippen LogP contribution in [0.2, 0.25) is 0 Å². The molecule has 1 aliphatic heterocycles. The van der Waals surface area contributed by atoms with E-state index in [1.807, 2.05) is 12.1 Å². The highest BCUT2D eigenvalue weighted by Crippen LogP contribution is 2.24. The van der Waals surface area contributed by atoms with Gasteiger partial charge in [0.2, 0.25) is 21.8 Å². The molecule has 1 fully saturated rings. The number of piperidine rings is 1. The van der Waals surface area contributed by atoms with E-state index < -0.39 is 15.9 Å². The summed E-state index contributed by atoms with van der Waals surface area (Å²) in [4.78, 5) is 23.8. The van der Waals surface area contributed by atoms with E-state index >= 15 is 0 Å². The van der Waals surface area contributed by atoms with Crippen molar-refractivity contribution >= 4 is 43.5 Å². The van der Waals surface area contributed by atoms with Gasteiger partial charge in [0.05, 0.1) is 5.75 Å². The molecule has 0 bridgehead atoms. The summed E-state index contributed by atoms with van der Waals surface area (Å²) in [6, 6.07) is 13.6. The molecule has 0 unspecified atom stereocenters. The highest BCUT2D eigenvalue weighted by atomic mass is 79.9. The van der Waals surface area contributed by atoms with Crippen molar-refractivity contribution in [2.24, 2.45) is 11.7 Å². The van der Waals surface area contributed by atoms with Crippen LogP contribution in [0.25, 0.3) is 0 Å². The topological polar surface area (TPSA) is 110 Å². The first-order valence-corrected chi connectivity index (χ1v) is 11.6. The Balaban J connectivity index is 1.56.